The Balaban J connectivity index is 2.18. The van der Waals surface area contributed by atoms with Gasteiger partial charge in [-0.3, -0.25) is 9.48 Å². The number of aryl methyl sites for hydroxylation is 3. The minimum Gasteiger partial charge on any atom is -0.469 e. The molecule has 0 radical (unpaired) electrons. The van der Waals surface area contributed by atoms with E-state index in [4.69, 9.17) is 4.42 Å². The van der Waals surface area contributed by atoms with Crippen LogP contribution in [0.3, 0.4) is 0 Å². The van der Waals surface area contributed by atoms with Crippen LogP contribution >= 0.6 is 0 Å². The number of hydrogen-bond donors (Lipinski definition) is 0. The molecular formula is C14H18N2O2. The van der Waals surface area contributed by atoms with E-state index in [0.717, 1.165) is 30.1 Å². The average Bonchev–Trinajstić information content (AvgIpc) is 2.95. The summed E-state index contributed by atoms with van der Waals surface area (Å²) < 4.78 is 7.06. The van der Waals surface area contributed by atoms with Crippen LogP contribution < -0.4 is 0 Å². The summed E-state index contributed by atoms with van der Waals surface area (Å²) >= 11 is 0. The van der Waals surface area contributed by atoms with Crippen molar-refractivity contribution in [3.8, 4) is 0 Å². The predicted molar refractivity (Wildman–Crippen MR) is 68.8 cm³/mol. The van der Waals surface area contributed by atoms with Crippen LogP contribution in [0.1, 0.15) is 41.4 Å². The van der Waals surface area contributed by atoms with Crippen molar-refractivity contribution in [2.75, 3.05) is 0 Å². The van der Waals surface area contributed by atoms with Gasteiger partial charge in [0.15, 0.2) is 5.78 Å². The van der Waals surface area contributed by atoms with E-state index in [1.807, 2.05) is 24.6 Å². The number of carbonyl (C=O) groups excluding carboxylic acids is 1. The molecule has 2 rings (SSSR count). The fourth-order valence-corrected chi connectivity index (χ4v) is 1.96. The first-order valence-corrected chi connectivity index (χ1v) is 6.28. The van der Waals surface area contributed by atoms with Crippen LogP contribution in [-0.4, -0.2) is 15.6 Å². The van der Waals surface area contributed by atoms with Gasteiger partial charge in [0.1, 0.15) is 12.0 Å². The minimum atomic E-state index is 0.0732. The van der Waals surface area contributed by atoms with Gasteiger partial charge in [-0.1, -0.05) is 6.92 Å². The molecule has 4 heteroatoms. The molecule has 0 N–H and O–H groups in total. The van der Waals surface area contributed by atoms with Crippen LogP contribution in [0.2, 0.25) is 0 Å². The van der Waals surface area contributed by atoms with Crippen molar-refractivity contribution in [3.05, 3.63) is 41.1 Å². The number of ketones is 1. The third kappa shape index (κ3) is 2.53. The summed E-state index contributed by atoms with van der Waals surface area (Å²) in [5.41, 5.74) is 2.63. The molecule has 0 aliphatic rings. The highest BCUT2D eigenvalue weighted by molar-refractivity contribution is 5.97. The van der Waals surface area contributed by atoms with Gasteiger partial charge in [-0.2, -0.15) is 5.10 Å². The van der Waals surface area contributed by atoms with Crippen LogP contribution in [0, 0.1) is 6.92 Å². The van der Waals surface area contributed by atoms with Gasteiger partial charge >= 0.3 is 0 Å². The zero-order valence-electron chi connectivity index (χ0n) is 11.1. The normalized spacial score (nSPS) is 10.8. The van der Waals surface area contributed by atoms with E-state index in [1.165, 1.54) is 6.26 Å². The van der Waals surface area contributed by atoms with Crippen molar-refractivity contribution in [2.24, 2.45) is 0 Å². The summed E-state index contributed by atoms with van der Waals surface area (Å²) in [4.78, 5) is 12.1. The van der Waals surface area contributed by atoms with Crippen molar-refractivity contribution < 1.29 is 9.21 Å². The standard InChI is InChI=1S/C14H18N2O2/c1-4-12-7-13(16(5-2)15-12)8-14(17)11-6-10(3)18-9-11/h6-7,9H,4-5,8H2,1-3H3. The first-order valence-electron chi connectivity index (χ1n) is 6.28. The van der Waals surface area contributed by atoms with Gasteiger partial charge in [-0.25, -0.2) is 0 Å². The maximum Gasteiger partial charge on any atom is 0.172 e. The molecule has 2 aromatic rings. The molecule has 0 aliphatic heterocycles. The van der Waals surface area contributed by atoms with Crippen LogP contribution in [-0.2, 0) is 19.4 Å². The van der Waals surface area contributed by atoms with Gasteiger partial charge in [-0.15, -0.1) is 0 Å². The molecule has 2 aromatic heterocycles. The van der Waals surface area contributed by atoms with E-state index in [2.05, 4.69) is 12.0 Å². The molecule has 0 amide bonds. The number of carbonyl (C=O) groups is 1. The summed E-state index contributed by atoms with van der Waals surface area (Å²) in [6.45, 7) is 6.71. The summed E-state index contributed by atoms with van der Waals surface area (Å²) in [6, 6.07) is 3.78. The Morgan fingerprint density at radius 1 is 1.39 bits per heavy atom. The second kappa shape index (κ2) is 5.21. The molecule has 0 atom stereocenters. The SMILES string of the molecule is CCc1cc(CC(=O)c2coc(C)c2)n(CC)n1. The molecule has 0 unspecified atom stereocenters. The summed E-state index contributed by atoms with van der Waals surface area (Å²) in [5, 5.41) is 4.44. The molecular weight excluding hydrogens is 228 g/mol. The number of nitrogens with zero attached hydrogens (tertiary/aromatic N) is 2. The predicted octanol–water partition coefficient (Wildman–Crippen LogP) is 2.79. The van der Waals surface area contributed by atoms with E-state index in [1.54, 1.807) is 6.07 Å². The molecule has 18 heavy (non-hydrogen) atoms. The molecule has 0 bridgehead atoms. The van der Waals surface area contributed by atoms with Gasteiger partial charge < -0.3 is 4.42 Å². The summed E-state index contributed by atoms with van der Waals surface area (Å²) in [6.07, 6.45) is 2.78. The Kier molecular flexibility index (Phi) is 3.65. The van der Waals surface area contributed by atoms with Crippen molar-refractivity contribution >= 4 is 5.78 Å². The minimum absolute atomic E-state index is 0.0732. The summed E-state index contributed by atoms with van der Waals surface area (Å²) in [5.74, 6) is 0.834. The average molecular weight is 246 g/mol. The lowest BCUT2D eigenvalue weighted by Gasteiger charge is -2.02. The fourth-order valence-electron chi connectivity index (χ4n) is 1.96. The van der Waals surface area contributed by atoms with Gasteiger partial charge in [0.25, 0.3) is 0 Å². The number of Topliss-reactive ketones (excluding diaryl/α,β-unsaturated/α-hetero) is 1. The third-order valence-corrected chi connectivity index (χ3v) is 2.97. The number of hydrogen-bond acceptors (Lipinski definition) is 3. The van der Waals surface area contributed by atoms with E-state index in [9.17, 15) is 4.79 Å². The number of rotatable bonds is 5. The van der Waals surface area contributed by atoms with Crippen molar-refractivity contribution in [1.29, 1.82) is 0 Å². The van der Waals surface area contributed by atoms with Crippen LogP contribution in [0.4, 0.5) is 0 Å². The maximum absolute atomic E-state index is 12.1. The van der Waals surface area contributed by atoms with Gasteiger partial charge in [0.05, 0.1) is 17.7 Å². The van der Waals surface area contributed by atoms with Crippen LogP contribution in [0.25, 0.3) is 0 Å². The zero-order valence-corrected chi connectivity index (χ0v) is 11.1. The molecule has 4 nitrogen and oxygen atoms in total. The highest BCUT2D eigenvalue weighted by Gasteiger charge is 2.13. The first-order chi connectivity index (χ1) is 8.63. The Labute approximate surface area is 107 Å². The Morgan fingerprint density at radius 2 is 2.17 bits per heavy atom. The molecule has 0 saturated heterocycles. The van der Waals surface area contributed by atoms with E-state index >= 15 is 0 Å². The Bertz CT molecular complexity index is 552. The topological polar surface area (TPSA) is 48.0 Å². The molecule has 0 spiro atoms. The molecule has 0 aromatic carbocycles. The van der Waals surface area contributed by atoms with E-state index < -0.39 is 0 Å². The second-order valence-electron chi connectivity index (χ2n) is 4.34. The zero-order chi connectivity index (χ0) is 13.1. The Hall–Kier alpha value is -1.84. The van der Waals surface area contributed by atoms with Crippen molar-refractivity contribution in [1.82, 2.24) is 9.78 Å². The van der Waals surface area contributed by atoms with Crippen molar-refractivity contribution in [2.45, 2.75) is 40.2 Å². The first kappa shape index (κ1) is 12.6. The van der Waals surface area contributed by atoms with Gasteiger partial charge in [0.2, 0.25) is 0 Å². The van der Waals surface area contributed by atoms with Gasteiger partial charge in [0, 0.05) is 12.2 Å². The Morgan fingerprint density at radius 3 is 2.72 bits per heavy atom. The number of furan rings is 1. The lowest BCUT2D eigenvalue weighted by atomic mass is 10.1. The maximum atomic E-state index is 12.1. The molecule has 0 saturated carbocycles. The van der Waals surface area contributed by atoms with Crippen LogP contribution in [0.15, 0.2) is 22.8 Å². The monoisotopic (exact) mass is 246 g/mol. The lowest BCUT2D eigenvalue weighted by molar-refractivity contribution is 0.0990. The van der Waals surface area contributed by atoms with Crippen LogP contribution in [0.5, 0.6) is 0 Å². The quantitative estimate of drug-likeness (QED) is 0.762. The second-order valence-corrected chi connectivity index (χ2v) is 4.34. The fraction of sp³-hybridized carbons (Fsp3) is 0.429. The lowest BCUT2D eigenvalue weighted by Crippen LogP contribution is -2.09. The molecule has 0 aliphatic carbocycles. The number of aromatic nitrogens is 2. The highest BCUT2D eigenvalue weighted by atomic mass is 16.3. The molecule has 96 valence electrons. The molecule has 0 fully saturated rings. The summed E-state index contributed by atoms with van der Waals surface area (Å²) in [7, 11) is 0. The third-order valence-electron chi connectivity index (χ3n) is 2.97. The van der Waals surface area contributed by atoms with E-state index in [-0.39, 0.29) is 5.78 Å². The highest BCUT2D eigenvalue weighted by Crippen LogP contribution is 2.12. The smallest absolute Gasteiger partial charge is 0.172 e. The van der Waals surface area contributed by atoms with E-state index in [0.29, 0.717) is 12.0 Å². The van der Waals surface area contributed by atoms with Gasteiger partial charge in [-0.05, 0) is 32.4 Å². The largest absolute Gasteiger partial charge is 0.469 e. The van der Waals surface area contributed by atoms with Crippen molar-refractivity contribution in [3.63, 3.8) is 0 Å². The molecule has 2 heterocycles.